The molecule has 0 aromatic carbocycles. The number of anilines is 1. The van der Waals surface area contributed by atoms with Gasteiger partial charge in [-0.2, -0.15) is 4.98 Å². The molecule has 0 aliphatic heterocycles. The van der Waals surface area contributed by atoms with Crippen LogP contribution in [0.5, 0.6) is 5.88 Å². The zero-order valence-corrected chi connectivity index (χ0v) is 13.2. The van der Waals surface area contributed by atoms with Crippen LogP contribution in [0.1, 0.15) is 23.9 Å². The van der Waals surface area contributed by atoms with Gasteiger partial charge in [-0.15, -0.1) is 11.3 Å². The number of hydrogen-bond donors (Lipinski definition) is 1. The first-order valence-electron chi connectivity index (χ1n) is 6.64. The normalized spacial score (nSPS) is 10.6. The second-order valence-electron chi connectivity index (χ2n) is 4.40. The average Bonchev–Trinajstić information content (AvgIpc) is 2.81. The lowest BCUT2D eigenvalue weighted by Gasteiger charge is -2.08. The summed E-state index contributed by atoms with van der Waals surface area (Å²) in [5, 5.41) is 3.22. The molecule has 1 N–H and O–H groups in total. The van der Waals surface area contributed by atoms with Gasteiger partial charge < -0.3 is 10.1 Å². The summed E-state index contributed by atoms with van der Waals surface area (Å²) in [7, 11) is 0. The molecule has 2 rings (SSSR count). The zero-order chi connectivity index (χ0) is 14.4. The van der Waals surface area contributed by atoms with Crippen molar-refractivity contribution in [3.8, 4) is 5.88 Å². The van der Waals surface area contributed by atoms with Crippen LogP contribution in [0.15, 0.2) is 18.2 Å². The number of ether oxygens (including phenoxy) is 1. The second-order valence-corrected chi connectivity index (χ2v) is 6.20. The average molecular weight is 312 g/mol. The molecule has 108 valence electrons. The van der Waals surface area contributed by atoms with Gasteiger partial charge in [-0.1, -0.05) is 18.5 Å². The third kappa shape index (κ3) is 4.65. The molecule has 0 saturated carbocycles. The molecule has 0 unspecified atom stereocenters. The maximum absolute atomic E-state index is 5.90. The van der Waals surface area contributed by atoms with Gasteiger partial charge in [0.1, 0.15) is 0 Å². The molecule has 0 aliphatic carbocycles. The minimum Gasteiger partial charge on any atom is -0.478 e. The third-order valence-electron chi connectivity index (χ3n) is 2.57. The molecule has 4 nitrogen and oxygen atoms in total. The van der Waals surface area contributed by atoms with E-state index in [1.54, 1.807) is 11.3 Å². The van der Waals surface area contributed by atoms with Crippen LogP contribution in [0.2, 0.25) is 4.34 Å². The summed E-state index contributed by atoms with van der Waals surface area (Å²) < 4.78 is 6.36. The molecule has 20 heavy (non-hydrogen) atoms. The van der Waals surface area contributed by atoms with E-state index < -0.39 is 0 Å². The Morgan fingerprint density at radius 1 is 1.35 bits per heavy atom. The second kappa shape index (κ2) is 7.45. The molecule has 2 heterocycles. The van der Waals surface area contributed by atoms with E-state index in [1.165, 1.54) is 4.88 Å². The van der Waals surface area contributed by atoms with Crippen molar-refractivity contribution in [3.05, 3.63) is 33.1 Å². The number of halogens is 1. The highest BCUT2D eigenvalue weighted by Crippen LogP contribution is 2.21. The number of aryl methyl sites for hydroxylation is 1. The molecular weight excluding hydrogens is 294 g/mol. The van der Waals surface area contributed by atoms with Crippen LogP contribution in [0, 0.1) is 6.92 Å². The van der Waals surface area contributed by atoms with Crippen molar-refractivity contribution in [1.82, 2.24) is 9.97 Å². The fourth-order valence-electron chi connectivity index (χ4n) is 1.68. The lowest BCUT2D eigenvalue weighted by atomic mass is 10.3. The van der Waals surface area contributed by atoms with Crippen molar-refractivity contribution in [3.63, 3.8) is 0 Å². The lowest BCUT2D eigenvalue weighted by molar-refractivity contribution is 0.305. The molecule has 0 radical (unpaired) electrons. The molecular formula is C14H18ClN3OS. The molecule has 6 heteroatoms. The fourth-order valence-corrected chi connectivity index (χ4v) is 2.77. The van der Waals surface area contributed by atoms with Crippen LogP contribution >= 0.6 is 22.9 Å². The third-order valence-corrected chi connectivity index (χ3v) is 3.86. The first-order valence-corrected chi connectivity index (χ1v) is 7.83. The van der Waals surface area contributed by atoms with Gasteiger partial charge in [-0.3, -0.25) is 0 Å². The summed E-state index contributed by atoms with van der Waals surface area (Å²) in [5.74, 6) is 1.24. The van der Waals surface area contributed by atoms with Crippen molar-refractivity contribution in [2.24, 2.45) is 0 Å². The number of thiophene rings is 1. The molecule has 0 atom stereocenters. The summed E-state index contributed by atoms with van der Waals surface area (Å²) in [4.78, 5) is 9.94. The summed E-state index contributed by atoms with van der Waals surface area (Å²) in [6, 6.07) is 5.81. The van der Waals surface area contributed by atoms with Crippen LogP contribution < -0.4 is 10.1 Å². The molecule has 0 aliphatic rings. The summed E-state index contributed by atoms with van der Waals surface area (Å²) in [6.45, 7) is 5.45. The predicted octanol–water partition coefficient (Wildman–Crippen LogP) is 3.94. The van der Waals surface area contributed by atoms with Crippen LogP contribution in [0.25, 0.3) is 0 Å². The van der Waals surface area contributed by atoms with Crippen LogP contribution in [-0.4, -0.2) is 23.1 Å². The highest BCUT2D eigenvalue weighted by atomic mass is 35.5. The minimum atomic E-state index is 0.610. The standard InChI is InChI=1S/C14H18ClN3OS/c1-3-8-19-13-9-10(2)17-14(18-13)16-7-6-11-4-5-12(15)20-11/h4-5,9H,3,6-8H2,1-2H3,(H,16,17,18). The maximum Gasteiger partial charge on any atom is 0.226 e. The first kappa shape index (κ1) is 15.1. The zero-order valence-electron chi connectivity index (χ0n) is 11.6. The molecule has 0 amide bonds. The van der Waals surface area contributed by atoms with Crippen LogP contribution in [-0.2, 0) is 6.42 Å². The number of aromatic nitrogens is 2. The van der Waals surface area contributed by atoms with Crippen molar-refractivity contribution in [1.29, 1.82) is 0 Å². The van der Waals surface area contributed by atoms with E-state index in [9.17, 15) is 0 Å². The number of nitrogens with one attached hydrogen (secondary N) is 1. The Bertz CT molecular complexity index is 559. The van der Waals surface area contributed by atoms with Crippen LogP contribution in [0.4, 0.5) is 5.95 Å². The molecule has 0 saturated heterocycles. The number of nitrogens with zero attached hydrogens (tertiary/aromatic N) is 2. The van der Waals surface area contributed by atoms with Gasteiger partial charge in [-0.25, -0.2) is 4.98 Å². The van der Waals surface area contributed by atoms with Gasteiger partial charge >= 0.3 is 0 Å². The highest BCUT2D eigenvalue weighted by molar-refractivity contribution is 7.16. The highest BCUT2D eigenvalue weighted by Gasteiger charge is 2.03. The summed E-state index contributed by atoms with van der Waals surface area (Å²) in [6.07, 6.45) is 1.87. The Morgan fingerprint density at radius 2 is 2.20 bits per heavy atom. The van der Waals surface area contributed by atoms with Gasteiger partial charge in [0, 0.05) is 23.2 Å². The van der Waals surface area contributed by atoms with Gasteiger partial charge in [0.05, 0.1) is 10.9 Å². The smallest absolute Gasteiger partial charge is 0.226 e. The maximum atomic E-state index is 5.90. The van der Waals surface area contributed by atoms with Crippen molar-refractivity contribution >= 4 is 28.9 Å². The molecule has 0 fully saturated rings. The van der Waals surface area contributed by atoms with E-state index >= 15 is 0 Å². The van der Waals surface area contributed by atoms with Gasteiger partial charge in [0.15, 0.2) is 0 Å². The Hall–Kier alpha value is -1.33. The first-order chi connectivity index (χ1) is 9.67. The van der Waals surface area contributed by atoms with Gasteiger partial charge in [-0.05, 0) is 31.9 Å². The van der Waals surface area contributed by atoms with Crippen LogP contribution in [0.3, 0.4) is 0 Å². The van der Waals surface area contributed by atoms with Gasteiger partial charge in [0.25, 0.3) is 0 Å². The van der Waals surface area contributed by atoms with E-state index in [-0.39, 0.29) is 0 Å². The topological polar surface area (TPSA) is 47.0 Å². The Kier molecular flexibility index (Phi) is 5.61. The fraction of sp³-hybridized carbons (Fsp3) is 0.429. The molecule has 0 bridgehead atoms. The SMILES string of the molecule is CCCOc1cc(C)nc(NCCc2ccc(Cl)s2)n1. The van der Waals surface area contributed by atoms with Crippen molar-refractivity contribution in [2.75, 3.05) is 18.5 Å². The molecule has 0 spiro atoms. The van der Waals surface area contributed by atoms with E-state index in [4.69, 9.17) is 16.3 Å². The monoisotopic (exact) mass is 311 g/mol. The quantitative estimate of drug-likeness (QED) is 0.841. The van der Waals surface area contributed by atoms with E-state index in [2.05, 4.69) is 22.2 Å². The van der Waals surface area contributed by atoms with Gasteiger partial charge in [0.2, 0.25) is 11.8 Å². The van der Waals surface area contributed by atoms with E-state index in [0.717, 1.165) is 29.4 Å². The molecule has 2 aromatic heterocycles. The minimum absolute atomic E-state index is 0.610. The predicted molar refractivity (Wildman–Crippen MR) is 84.1 cm³/mol. The van der Waals surface area contributed by atoms with Crippen molar-refractivity contribution in [2.45, 2.75) is 26.7 Å². The lowest BCUT2D eigenvalue weighted by Crippen LogP contribution is -2.09. The summed E-state index contributed by atoms with van der Waals surface area (Å²) >= 11 is 7.50. The van der Waals surface area contributed by atoms with E-state index in [0.29, 0.717) is 18.4 Å². The number of hydrogen-bond acceptors (Lipinski definition) is 5. The number of rotatable bonds is 7. The Balaban J connectivity index is 1.89. The Morgan fingerprint density at radius 3 is 2.90 bits per heavy atom. The Labute approximate surface area is 128 Å². The van der Waals surface area contributed by atoms with Crippen molar-refractivity contribution < 1.29 is 4.74 Å². The molecule has 2 aromatic rings. The summed E-state index contributed by atoms with van der Waals surface area (Å²) in [5.41, 5.74) is 0.896. The van der Waals surface area contributed by atoms with E-state index in [1.807, 2.05) is 25.1 Å². The largest absolute Gasteiger partial charge is 0.478 e.